The van der Waals surface area contributed by atoms with Gasteiger partial charge in [-0.15, -0.1) is 21.5 Å². The third-order valence-corrected chi connectivity index (χ3v) is 5.68. The maximum atomic E-state index is 12.2. The van der Waals surface area contributed by atoms with Crippen LogP contribution in [0.4, 0.5) is 5.13 Å². The highest BCUT2D eigenvalue weighted by Gasteiger charge is 2.15. The number of aryl methyl sites for hydroxylation is 3. The fourth-order valence-corrected chi connectivity index (χ4v) is 4.38. The fourth-order valence-electron chi connectivity index (χ4n) is 3.10. The number of thiazole rings is 1. The Bertz CT molecular complexity index is 1120. The summed E-state index contributed by atoms with van der Waals surface area (Å²) in [6, 6.07) is 6.46. The van der Waals surface area contributed by atoms with Crippen molar-refractivity contribution in [1.82, 2.24) is 19.6 Å². The van der Waals surface area contributed by atoms with Gasteiger partial charge in [0.15, 0.2) is 15.9 Å². The van der Waals surface area contributed by atoms with E-state index in [0.717, 1.165) is 27.3 Å². The molecule has 0 aliphatic carbocycles. The molecular weight excluding hydrogens is 366 g/mol. The van der Waals surface area contributed by atoms with Crippen molar-refractivity contribution >= 4 is 50.7 Å². The molecule has 132 valence electrons. The van der Waals surface area contributed by atoms with Crippen molar-refractivity contribution in [2.75, 3.05) is 11.1 Å². The maximum absolute atomic E-state index is 12.2. The lowest BCUT2D eigenvalue weighted by Crippen LogP contribution is -2.14. The molecule has 0 aliphatic heterocycles. The number of nitrogens with zero attached hydrogens (tertiary/aromatic N) is 4. The van der Waals surface area contributed by atoms with Crippen LogP contribution >= 0.6 is 23.1 Å². The van der Waals surface area contributed by atoms with Gasteiger partial charge in [-0.05, 0) is 49.4 Å². The molecule has 0 radical (unpaired) electrons. The molecule has 0 fully saturated rings. The lowest BCUT2D eigenvalue weighted by molar-refractivity contribution is -0.113. The minimum atomic E-state index is -0.105. The Labute approximate surface area is 158 Å². The van der Waals surface area contributed by atoms with Gasteiger partial charge in [0.25, 0.3) is 0 Å². The average Bonchev–Trinajstić information content (AvgIpc) is 3.22. The van der Waals surface area contributed by atoms with Crippen LogP contribution in [0.2, 0.25) is 0 Å². The topological polar surface area (TPSA) is 72.2 Å². The molecule has 0 saturated heterocycles. The number of thioether (sulfide) groups is 1. The molecule has 3 aromatic heterocycles. The number of pyridine rings is 1. The number of nitrogens with one attached hydrogen (secondary N) is 1. The molecule has 0 saturated carbocycles. The molecule has 4 aromatic rings. The molecule has 0 aliphatic rings. The Morgan fingerprint density at radius 2 is 2.04 bits per heavy atom. The van der Waals surface area contributed by atoms with Gasteiger partial charge >= 0.3 is 0 Å². The van der Waals surface area contributed by atoms with Crippen LogP contribution in [0.3, 0.4) is 0 Å². The number of hydrogen-bond acceptors (Lipinski definition) is 6. The summed E-state index contributed by atoms with van der Waals surface area (Å²) < 4.78 is 2.06. The van der Waals surface area contributed by atoms with E-state index in [1.54, 1.807) is 6.20 Å². The van der Waals surface area contributed by atoms with Gasteiger partial charge in [0.2, 0.25) is 5.91 Å². The summed E-state index contributed by atoms with van der Waals surface area (Å²) in [5, 5.41) is 15.8. The maximum Gasteiger partial charge on any atom is 0.236 e. The van der Waals surface area contributed by atoms with Gasteiger partial charge in [-0.25, -0.2) is 4.98 Å². The van der Waals surface area contributed by atoms with Crippen LogP contribution in [0.5, 0.6) is 0 Å². The molecule has 0 atom stereocenters. The zero-order chi connectivity index (χ0) is 18.3. The summed E-state index contributed by atoms with van der Waals surface area (Å²) in [5.74, 6) is 0.145. The third kappa shape index (κ3) is 3.06. The first-order chi connectivity index (χ1) is 12.5. The second-order valence-corrected chi connectivity index (χ2v) is 8.00. The zero-order valence-corrected chi connectivity index (χ0v) is 16.2. The van der Waals surface area contributed by atoms with Crippen molar-refractivity contribution in [2.24, 2.45) is 0 Å². The summed E-state index contributed by atoms with van der Waals surface area (Å²) in [4.78, 5) is 16.2. The SMILES string of the molecule is Cc1cc(C)c2c(c1)cc(C)c1nnc(SCC(=O)Nc3nccs3)n12. The third-order valence-electron chi connectivity index (χ3n) is 4.07. The molecule has 4 rings (SSSR count). The molecule has 1 N–H and O–H groups in total. The minimum Gasteiger partial charge on any atom is -0.301 e. The first-order valence-corrected chi connectivity index (χ1v) is 9.97. The summed E-state index contributed by atoms with van der Waals surface area (Å²) in [6.07, 6.45) is 1.67. The Balaban J connectivity index is 1.70. The molecule has 3 heterocycles. The van der Waals surface area contributed by atoms with Crippen molar-refractivity contribution in [3.05, 3.63) is 46.5 Å². The first-order valence-electron chi connectivity index (χ1n) is 8.11. The lowest BCUT2D eigenvalue weighted by Gasteiger charge is -2.10. The molecule has 1 amide bonds. The molecule has 1 aromatic carbocycles. The van der Waals surface area contributed by atoms with Crippen LogP contribution in [-0.2, 0) is 4.79 Å². The molecule has 8 heteroatoms. The van der Waals surface area contributed by atoms with Crippen LogP contribution in [0.25, 0.3) is 16.6 Å². The van der Waals surface area contributed by atoms with Crippen molar-refractivity contribution < 1.29 is 4.79 Å². The number of aromatic nitrogens is 4. The second-order valence-electron chi connectivity index (χ2n) is 6.16. The van der Waals surface area contributed by atoms with Crippen LogP contribution < -0.4 is 5.32 Å². The van der Waals surface area contributed by atoms with Gasteiger partial charge in [0.05, 0.1) is 11.3 Å². The summed E-state index contributed by atoms with van der Waals surface area (Å²) >= 11 is 2.78. The Morgan fingerprint density at radius 1 is 1.19 bits per heavy atom. The van der Waals surface area contributed by atoms with E-state index in [0.29, 0.717) is 5.13 Å². The Hall–Kier alpha value is -2.45. The van der Waals surface area contributed by atoms with Crippen molar-refractivity contribution in [3.63, 3.8) is 0 Å². The molecule has 0 bridgehead atoms. The number of fused-ring (bicyclic) bond motifs is 3. The number of carbonyl (C=O) groups excluding carboxylic acids is 1. The van der Waals surface area contributed by atoms with E-state index in [4.69, 9.17) is 0 Å². The lowest BCUT2D eigenvalue weighted by atomic mass is 10.1. The van der Waals surface area contributed by atoms with Gasteiger partial charge in [-0.3, -0.25) is 9.20 Å². The van der Waals surface area contributed by atoms with E-state index in [-0.39, 0.29) is 11.7 Å². The summed E-state index contributed by atoms with van der Waals surface area (Å²) in [7, 11) is 0. The van der Waals surface area contributed by atoms with Gasteiger partial charge < -0.3 is 5.32 Å². The number of amides is 1. The molecule has 0 unspecified atom stereocenters. The summed E-state index contributed by atoms with van der Waals surface area (Å²) in [5.41, 5.74) is 5.36. The van der Waals surface area contributed by atoms with Crippen molar-refractivity contribution in [1.29, 1.82) is 0 Å². The number of anilines is 1. The minimum absolute atomic E-state index is 0.105. The largest absolute Gasteiger partial charge is 0.301 e. The van der Waals surface area contributed by atoms with E-state index in [1.165, 1.54) is 34.2 Å². The fraction of sp³-hybridized carbons (Fsp3) is 0.222. The Kier molecular flexibility index (Phi) is 4.37. The monoisotopic (exact) mass is 383 g/mol. The van der Waals surface area contributed by atoms with Crippen LogP contribution in [-0.4, -0.2) is 31.2 Å². The van der Waals surface area contributed by atoms with Crippen LogP contribution in [0.15, 0.2) is 34.9 Å². The molecule has 6 nitrogen and oxygen atoms in total. The predicted octanol–water partition coefficient (Wildman–Crippen LogP) is 4.00. The van der Waals surface area contributed by atoms with Gasteiger partial charge in [-0.1, -0.05) is 23.4 Å². The summed E-state index contributed by atoms with van der Waals surface area (Å²) in [6.45, 7) is 6.22. The predicted molar refractivity (Wildman–Crippen MR) is 106 cm³/mol. The van der Waals surface area contributed by atoms with Crippen LogP contribution in [0, 0.1) is 20.8 Å². The van der Waals surface area contributed by atoms with E-state index < -0.39 is 0 Å². The molecular formula is C18H17N5OS2. The highest BCUT2D eigenvalue weighted by Crippen LogP contribution is 2.28. The normalized spacial score (nSPS) is 11.3. The zero-order valence-electron chi connectivity index (χ0n) is 14.6. The first kappa shape index (κ1) is 17.0. The van der Waals surface area contributed by atoms with E-state index in [9.17, 15) is 4.79 Å². The number of rotatable bonds is 4. The molecule has 26 heavy (non-hydrogen) atoms. The Morgan fingerprint density at radius 3 is 2.81 bits per heavy atom. The number of hydrogen-bond donors (Lipinski definition) is 1. The highest BCUT2D eigenvalue weighted by atomic mass is 32.2. The van der Waals surface area contributed by atoms with Crippen molar-refractivity contribution in [3.8, 4) is 0 Å². The van der Waals surface area contributed by atoms with E-state index in [1.807, 2.05) is 12.3 Å². The second kappa shape index (κ2) is 6.69. The quantitative estimate of drug-likeness (QED) is 0.539. The van der Waals surface area contributed by atoms with Gasteiger partial charge in [-0.2, -0.15) is 0 Å². The smallest absolute Gasteiger partial charge is 0.236 e. The van der Waals surface area contributed by atoms with Crippen LogP contribution in [0.1, 0.15) is 16.7 Å². The molecule has 0 spiro atoms. The van der Waals surface area contributed by atoms with Gasteiger partial charge in [0.1, 0.15) is 0 Å². The number of benzene rings is 1. The standard InChI is InChI=1S/C18H17N5OS2/c1-10-6-11(2)15-13(7-10)8-12(3)16-21-22-18(23(15)16)26-9-14(24)20-17-19-4-5-25-17/h4-8H,9H2,1-3H3,(H,19,20,24). The van der Waals surface area contributed by atoms with Gasteiger partial charge in [0, 0.05) is 11.6 Å². The average molecular weight is 384 g/mol. The number of carbonyl (C=O) groups is 1. The van der Waals surface area contributed by atoms with E-state index in [2.05, 4.69) is 56.9 Å². The highest BCUT2D eigenvalue weighted by molar-refractivity contribution is 7.99. The van der Waals surface area contributed by atoms with E-state index >= 15 is 0 Å². The van der Waals surface area contributed by atoms with Crippen molar-refractivity contribution in [2.45, 2.75) is 25.9 Å².